The predicted octanol–water partition coefficient (Wildman–Crippen LogP) is 1.83. The van der Waals surface area contributed by atoms with Gasteiger partial charge in [-0.1, -0.05) is 13.3 Å². The normalized spacial score (nSPS) is 10.2. The Balaban J connectivity index is 3.09. The van der Waals surface area contributed by atoms with Gasteiger partial charge in [0.05, 0.1) is 4.92 Å². The van der Waals surface area contributed by atoms with Crippen molar-refractivity contribution in [3.63, 3.8) is 0 Å². The third kappa shape index (κ3) is 3.64. The summed E-state index contributed by atoms with van der Waals surface area (Å²) < 4.78 is 0. The quantitative estimate of drug-likeness (QED) is 0.625. The van der Waals surface area contributed by atoms with Gasteiger partial charge in [0.15, 0.2) is 0 Å². The Morgan fingerprint density at radius 2 is 2.21 bits per heavy atom. The summed E-state index contributed by atoms with van der Waals surface area (Å²) in [4.78, 5) is 27.8. The lowest BCUT2D eigenvalue weighted by Gasteiger charge is -2.20. The second-order valence-corrected chi connectivity index (χ2v) is 4.12. The Bertz CT molecular complexity index is 476. The maximum atomic E-state index is 12.3. The number of nitro groups is 1. The number of nitrogens with zero attached hydrogens (tertiary/aromatic N) is 3. The predicted molar refractivity (Wildman–Crippen MR) is 71.8 cm³/mol. The molecule has 0 bridgehead atoms. The first-order chi connectivity index (χ1) is 9.01. The minimum absolute atomic E-state index is 0.00421. The van der Waals surface area contributed by atoms with Gasteiger partial charge in [-0.15, -0.1) is 0 Å². The Kier molecular flexibility index (Phi) is 5.23. The molecule has 19 heavy (non-hydrogen) atoms. The maximum absolute atomic E-state index is 12.3. The van der Waals surface area contributed by atoms with Crippen molar-refractivity contribution in [2.45, 2.75) is 26.7 Å². The molecule has 1 amide bonds. The SMILES string of the molecule is CCCCN(CC)C(=O)c1cc(N)ncc1[N+](=O)[O-]. The molecule has 104 valence electrons. The molecule has 0 unspecified atom stereocenters. The van der Waals surface area contributed by atoms with Crippen molar-refractivity contribution in [3.05, 3.63) is 27.9 Å². The van der Waals surface area contributed by atoms with Crippen LogP contribution in [0.5, 0.6) is 0 Å². The van der Waals surface area contributed by atoms with Crippen LogP contribution in [0.3, 0.4) is 0 Å². The highest BCUT2D eigenvalue weighted by Gasteiger charge is 2.24. The number of nitrogen functional groups attached to an aromatic ring is 1. The summed E-state index contributed by atoms with van der Waals surface area (Å²) in [6.45, 7) is 4.93. The molecular formula is C12H18N4O3. The first kappa shape index (κ1) is 14.9. The average molecular weight is 266 g/mol. The minimum atomic E-state index is -0.618. The van der Waals surface area contributed by atoms with E-state index in [0.717, 1.165) is 19.0 Å². The number of amides is 1. The van der Waals surface area contributed by atoms with E-state index in [-0.39, 0.29) is 23.0 Å². The number of hydrogen-bond acceptors (Lipinski definition) is 5. The van der Waals surface area contributed by atoms with Crippen LogP contribution < -0.4 is 5.73 Å². The summed E-state index contributed by atoms with van der Waals surface area (Å²) in [5, 5.41) is 10.9. The van der Waals surface area contributed by atoms with Gasteiger partial charge in [0, 0.05) is 13.1 Å². The molecule has 1 heterocycles. The van der Waals surface area contributed by atoms with Crippen LogP contribution in [0.4, 0.5) is 11.5 Å². The largest absolute Gasteiger partial charge is 0.384 e. The molecule has 0 saturated carbocycles. The summed E-state index contributed by atoms with van der Waals surface area (Å²) >= 11 is 0. The number of pyridine rings is 1. The molecule has 1 aromatic heterocycles. The fourth-order valence-electron chi connectivity index (χ4n) is 1.70. The van der Waals surface area contributed by atoms with Crippen molar-refractivity contribution < 1.29 is 9.72 Å². The number of nitrogens with two attached hydrogens (primary N) is 1. The second-order valence-electron chi connectivity index (χ2n) is 4.12. The number of anilines is 1. The zero-order valence-corrected chi connectivity index (χ0v) is 11.1. The molecule has 7 heteroatoms. The Morgan fingerprint density at radius 3 is 2.74 bits per heavy atom. The number of unbranched alkanes of at least 4 members (excludes halogenated alkanes) is 1. The summed E-state index contributed by atoms with van der Waals surface area (Å²) in [7, 11) is 0. The van der Waals surface area contributed by atoms with Crippen molar-refractivity contribution in [1.82, 2.24) is 9.88 Å². The first-order valence-corrected chi connectivity index (χ1v) is 6.20. The Hall–Kier alpha value is -2.18. The van der Waals surface area contributed by atoms with Gasteiger partial charge in [-0.2, -0.15) is 0 Å². The van der Waals surface area contributed by atoms with Crippen LogP contribution in [0.2, 0.25) is 0 Å². The monoisotopic (exact) mass is 266 g/mol. The van der Waals surface area contributed by atoms with Gasteiger partial charge < -0.3 is 10.6 Å². The van der Waals surface area contributed by atoms with Gasteiger partial charge in [0.25, 0.3) is 11.6 Å². The van der Waals surface area contributed by atoms with E-state index in [0.29, 0.717) is 13.1 Å². The van der Waals surface area contributed by atoms with Crippen LogP contribution in [0.25, 0.3) is 0 Å². The van der Waals surface area contributed by atoms with Crippen molar-refractivity contribution in [3.8, 4) is 0 Å². The molecule has 0 spiro atoms. The number of aromatic nitrogens is 1. The van der Waals surface area contributed by atoms with Crippen molar-refractivity contribution in [2.75, 3.05) is 18.8 Å². The summed E-state index contributed by atoms with van der Waals surface area (Å²) in [5.74, 6) is -0.280. The van der Waals surface area contributed by atoms with Gasteiger partial charge >= 0.3 is 0 Å². The van der Waals surface area contributed by atoms with Crippen LogP contribution >= 0.6 is 0 Å². The highest BCUT2D eigenvalue weighted by Crippen LogP contribution is 2.21. The van der Waals surface area contributed by atoms with Gasteiger partial charge in [0.2, 0.25) is 0 Å². The van der Waals surface area contributed by atoms with Gasteiger partial charge in [-0.3, -0.25) is 14.9 Å². The van der Waals surface area contributed by atoms with Crippen LogP contribution in [-0.4, -0.2) is 33.8 Å². The van der Waals surface area contributed by atoms with Gasteiger partial charge in [0.1, 0.15) is 17.6 Å². The van der Waals surface area contributed by atoms with Crippen LogP contribution in [0.1, 0.15) is 37.0 Å². The van der Waals surface area contributed by atoms with E-state index < -0.39 is 4.92 Å². The number of rotatable bonds is 6. The fourth-order valence-corrected chi connectivity index (χ4v) is 1.70. The van der Waals surface area contributed by atoms with E-state index in [9.17, 15) is 14.9 Å². The minimum Gasteiger partial charge on any atom is -0.384 e. The molecule has 0 fully saturated rings. The van der Waals surface area contributed by atoms with E-state index >= 15 is 0 Å². The average Bonchev–Trinajstić information content (AvgIpc) is 2.38. The maximum Gasteiger partial charge on any atom is 0.300 e. The number of carbonyl (C=O) groups excluding carboxylic acids is 1. The van der Waals surface area contributed by atoms with Gasteiger partial charge in [-0.05, 0) is 19.4 Å². The summed E-state index contributed by atoms with van der Waals surface area (Å²) in [6, 6.07) is 1.26. The summed E-state index contributed by atoms with van der Waals surface area (Å²) in [6.07, 6.45) is 2.83. The fraction of sp³-hybridized carbons (Fsp3) is 0.500. The van der Waals surface area contributed by atoms with Crippen molar-refractivity contribution >= 4 is 17.4 Å². The lowest BCUT2D eigenvalue weighted by Crippen LogP contribution is -2.32. The molecule has 0 aromatic carbocycles. The van der Waals surface area contributed by atoms with E-state index in [4.69, 9.17) is 5.73 Å². The highest BCUT2D eigenvalue weighted by atomic mass is 16.6. The lowest BCUT2D eigenvalue weighted by atomic mass is 10.2. The molecule has 1 aromatic rings. The molecule has 0 saturated heterocycles. The molecule has 0 aliphatic rings. The number of carbonyl (C=O) groups is 1. The van der Waals surface area contributed by atoms with E-state index in [1.54, 1.807) is 4.90 Å². The third-order valence-corrected chi connectivity index (χ3v) is 2.78. The molecule has 0 aliphatic heterocycles. The Morgan fingerprint density at radius 1 is 1.53 bits per heavy atom. The van der Waals surface area contributed by atoms with Crippen molar-refractivity contribution in [1.29, 1.82) is 0 Å². The standard InChI is InChI=1S/C12H18N4O3/c1-3-5-6-15(4-2)12(17)9-7-11(13)14-8-10(9)16(18)19/h7-8H,3-6H2,1-2H3,(H2,13,14). The molecule has 7 nitrogen and oxygen atoms in total. The zero-order valence-electron chi connectivity index (χ0n) is 11.1. The van der Waals surface area contributed by atoms with E-state index in [1.807, 2.05) is 13.8 Å². The molecule has 0 atom stereocenters. The molecule has 2 N–H and O–H groups in total. The molecule has 0 radical (unpaired) electrons. The summed E-state index contributed by atoms with van der Waals surface area (Å²) in [5.41, 5.74) is 5.19. The van der Waals surface area contributed by atoms with E-state index in [1.165, 1.54) is 6.07 Å². The highest BCUT2D eigenvalue weighted by molar-refractivity contribution is 5.98. The van der Waals surface area contributed by atoms with Crippen molar-refractivity contribution in [2.24, 2.45) is 0 Å². The van der Waals surface area contributed by atoms with E-state index in [2.05, 4.69) is 4.98 Å². The molecular weight excluding hydrogens is 248 g/mol. The smallest absolute Gasteiger partial charge is 0.300 e. The molecule has 1 rings (SSSR count). The topological polar surface area (TPSA) is 102 Å². The lowest BCUT2D eigenvalue weighted by molar-refractivity contribution is -0.385. The number of hydrogen-bond donors (Lipinski definition) is 1. The first-order valence-electron chi connectivity index (χ1n) is 6.20. The third-order valence-electron chi connectivity index (χ3n) is 2.78. The molecule has 0 aliphatic carbocycles. The van der Waals surface area contributed by atoms with Crippen LogP contribution in [0, 0.1) is 10.1 Å². The Labute approximate surface area is 111 Å². The van der Waals surface area contributed by atoms with Crippen LogP contribution in [-0.2, 0) is 0 Å². The van der Waals surface area contributed by atoms with Crippen LogP contribution in [0.15, 0.2) is 12.3 Å². The zero-order chi connectivity index (χ0) is 14.4. The second kappa shape index (κ2) is 6.67. The van der Waals surface area contributed by atoms with Gasteiger partial charge in [-0.25, -0.2) is 4.98 Å².